The Morgan fingerprint density at radius 2 is 1.57 bits per heavy atom. The van der Waals surface area contributed by atoms with Crippen LogP contribution in [0.15, 0.2) is 46.7 Å². The van der Waals surface area contributed by atoms with Gasteiger partial charge in [0.2, 0.25) is 9.84 Å². The van der Waals surface area contributed by atoms with Crippen LogP contribution in [0.1, 0.15) is 56.2 Å². The summed E-state index contributed by atoms with van der Waals surface area (Å²) >= 11 is 0. The maximum Gasteiger partial charge on any atom is 0.417 e. The van der Waals surface area contributed by atoms with Crippen molar-refractivity contribution >= 4 is 9.84 Å². The van der Waals surface area contributed by atoms with E-state index in [0.717, 1.165) is 12.1 Å². The van der Waals surface area contributed by atoms with Gasteiger partial charge in [-0.1, -0.05) is 34.3 Å². The molecule has 30 heavy (non-hydrogen) atoms. The number of rotatable bonds is 5. The molecule has 0 aliphatic rings. The molecule has 8 heteroatoms. The highest BCUT2D eigenvalue weighted by atomic mass is 32.2. The molecule has 0 saturated heterocycles. The third-order valence-electron chi connectivity index (χ3n) is 4.78. The Labute approximate surface area is 174 Å². The zero-order chi connectivity index (χ0) is 23.0. The molecular formula is C22H22F3NO3S. The first kappa shape index (κ1) is 23.5. The molecule has 160 valence electrons. The maximum atomic E-state index is 13.7. The highest BCUT2D eigenvalue weighted by molar-refractivity contribution is 7.95. The Hall–Kier alpha value is -2.79. The maximum absolute atomic E-state index is 13.7. The van der Waals surface area contributed by atoms with E-state index in [1.54, 1.807) is 27.7 Å². The van der Waals surface area contributed by atoms with Gasteiger partial charge in [-0.15, -0.1) is 0 Å². The molecule has 0 atom stereocenters. The topological polar surface area (TPSA) is 78.2 Å². The summed E-state index contributed by atoms with van der Waals surface area (Å²) in [5.74, 6) is -0.344. The molecule has 0 aliphatic carbocycles. The summed E-state index contributed by atoms with van der Waals surface area (Å²) in [6.45, 7) is 10.4. The summed E-state index contributed by atoms with van der Waals surface area (Å²) in [6, 6.07) is 6.70. The van der Waals surface area contributed by atoms with Gasteiger partial charge in [0, 0.05) is 0 Å². The largest absolute Gasteiger partial charge is 0.507 e. The van der Waals surface area contributed by atoms with Gasteiger partial charge in [-0.2, -0.15) is 18.4 Å². The first-order chi connectivity index (χ1) is 13.7. The normalized spacial score (nSPS) is 12.3. The van der Waals surface area contributed by atoms with Crippen molar-refractivity contribution in [2.45, 2.75) is 50.6 Å². The van der Waals surface area contributed by atoms with Crippen molar-refractivity contribution in [1.29, 1.82) is 5.26 Å². The first-order valence-electron chi connectivity index (χ1n) is 9.14. The summed E-state index contributed by atoms with van der Waals surface area (Å²) in [7, 11) is -4.32. The fourth-order valence-corrected chi connectivity index (χ4v) is 4.02. The fraction of sp³-hybridized carbons (Fsp3) is 0.318. The van der Waals surface area contributed by atoms with Crippen molar-refractivity contribution in [2.75, 3.05) is 0 Å². The van der Waals surface area contributed by atoms with Gasteiger partial charge in [0.1, 0.15) is 16.7 Å². The van der Waals surface area contributed by atoms with E-state index in [4.69, 9.17) is 5.26 Å². The number of aromatic hydroxyl groups is 1. The van der Waals surface area contributed by atoms with E-state index in [1.165, 1.54) is 18.2 Å². The Morgan fingerprint density at radius 1 is 1.07 bits per heavy atom. The number of hydrogen-bond acceptors (Lipinski definition) is 4. The van der Waals surface area contributed by atoms with E-state index in [9.17, 15) is 26.7 Å². The van der Waals surface area contributed by atoms with Gasteiger partial charge in [0.05, 0.1) is 10.5 Å². The van der Waals surface area contributed by atoms with Crippen molar-refractivity contribution < 1.29 is 26.7 Å². The van der Waals surface area contributed by atoms with Crippen LogP contribution in [0.4, 0.5) is 13.2 Å². The van der Waals surface area contributed by atoms with Crippen LogP contribution in [0.2, 0.25) is 0 Å². The lowest BCUT2D eigenvalue weighted by atomic mass is 9.88. The fourth-order valence-electron chi connectivity index (χ4n) is 3.09. The number of sulfone groups is 1. The number of benzene rings is 2. The summed E-state index contributed by atoms with van der Waals surface area (Å²) in [5.41, 5.74) is -0.317. The molecule has 0 heterocycles. The second kappa shape index (κ2) is 8.15. The predicted molar refractivity (Wildman–Crippen MR) is 109 cm³/mol. The Balaban J connectivity index is 2.93. The monoisotopic (exact) mass is 437 g/mol. The van der Waals surface area contributed by atoms with Crippen LogP contribution in [-0.2, 0) is 16.0 Å². The summed E-state index contributed by atoms with van der Waals surface area (Å²) in [5, 5.41) is 19.4. The van der Waals surface area contributed by atoms with Crippen molar-refractivity contribution in [2.24, 2.45) is 0 Å². The minimum absolute atomic E-state index is 0.0129. The quantitative estimate of drug-likeness (QED) is 0.570. The summed E-state index contributed by atoms with van der Waals surface area (Å²) in [4.78, 5) is -1.22. The smallest absolute Gasteiger partial charge is 0.417 e. The number of halogens is 3. The van der Waals surface area contributed by atoms with Crippen LogP contribution < -0.4 is 0 Å². The standard InChI is InChI=1S/C22H22F3NO3S/c1-12(2)17-8-15(9-18(13(3)4)21(17)27)19-10-16(30(28,29)14(5)11-26)6-7-20(19)22(23,24)25/h6-10,12-13,27H,5H2,1-4H3. The molecule has 2 rings (SSSR count). The second-order valence-electron chi connectivity index (χ2n) is 7.56. The van der Waals surface area contributed by atoms with Crippen LogP contribution in [0, 0.1) is 11.3 Å². The van der Waals surface area contributed by atoms with Gasteiger partial charge in [0.15, 0.2) is 0 Å². The third-order valence-corrected chi connectivity index (χ3v) is 6.39. The van der Waals surface area contributed by atoms with Gasteiger partial charge in [-0.05, 0) is 64.4 Å². The number of phenols is 1. The minimum Gasteiger partial charge on any atom is -0.507 e. The number of nitrogens with zero attached hydrogens (tertiary/aromatic N) is 1. The van der Waals surface area contributed by atoms with Crippen molar-refractivity contribution in [3.63, 3.8) is 0 Å². The summed E-state index contributed by atoms with van der Waals surface area (Å²) in [6.07, 6.45) is -4.74. The van der Waals surface area contributed by atoms with E-state index < -0.39 is 31.4 Å². The van der Waals surface area contributed by atoms with Crippen LogP contribution in [0.25, 0.3) is 11.1 Å². The zero-order valence-electron chi connectivity index (χ0n) is 17.0. The SMILES string of the molecule is C=C(C#N)S(=O)(=O)c1ccc(C(F)(F)F)c(-c2cc(C(C)C)c(O)c(C(C)C)c2)c1. The molecule has 1 N–H and O–H groups in total. The van der Waals surface area contributed by atoms with Crippen LogP contribution in [-0.4, -0.2) is 13.5 Å². The summed E-state index contributed by atoms with van der Waals surface area (Å²) < 4.78 is 66.1. The van der Waals surface area contributed by atoms with E-state index in [1.807, 2.05) is 0 Å². The zero-order valence-corrected chi connectivity index (χ0v) is 17.8. The third kappa shape index (κ3) is 4.36. The molecule has 0 saturated carbocycles. The molecule has 0 unspecified atom stereocenters. The lowest BCUT2D eigenvalue weighted by molar-refractivity contribution is -0.137. The highest BCUT2D eigenvalue weighted by Crippen LogP contribution is 2.43. The molecule has 2 aromatic rings. The van der Waals surface area contributed by atoms with E-state index >= 15 is 0 Å². The lowest BCUT2D eigenvalue weighted by Crippen LogP contribution is -2.10. The van der Waals surface area contributed by atoms with Crippen molar-refractivity contribution in [1.82, 2.24) is 0 Å². The van der Waals surface area contributed by atoms with Gasteiger partial charge < -0.3 is 5.11 Å². The molecule has 4 nitrogen and oxygen atoms in total. The minimum atomic E-state index is -4.74. The van der Waals surface area contributed by atoms with Crippen LogP contribution >= 0.6 is 0 Å². The van der Waals surface area contributed by atoms with E-state index in [2.05, 4.69) is 6.58 Å². The molecule has 0 bridgehead atoms. The van der Waals surface area contributed by atoms with Gasteiger partial charge >= 0.3 is 6.18 Å². The van der Waals surface area contributed by atoms with Crippen LogP contribution in [0.5, 0.6) is 5.75 Å². The number of alkyl halides is 3. The molecule has 0 spiro atoms. The van der Waals surface area contributed by atoms with Crippen molar-refractivity contribution in [3.8, 4) is 22.9 Å². The number of allylic oxidation sites excluding steroid dienone is 1. The average Bonchev–Trinajstić information content (AvgIpc) is 2.65. The Bertz CT molecular complexity index is 1110. The van der Waals surface area contributed by atoms with Gasteiger partial charge in [0.25, 0.3) is 0 Å². The van der Waals surface area contributed by atoms with Gasteiger partial charge in [-0.25, -0.2) is 8.42 Å². The number of nitriles is 1. The molecule has 0 fully saturated rings. The lowest BCUT2D eigenvalue weighted by Gasteiger charge is -2.20. The van der Waals surface area contributed by atoms with E-state index in [0.29, 0.717) is 17.2 Å². The molecule has 0 aliphatic heterocycles. The average molecular weight is 437 g/mol. The molecule has 0 aromatic heterocycles. The van der Waals surface area contributed by atoms with Crippen LogP contribution in [0.3, 0.4) is 0 Å². The molecular weight excluding hydrogens is 415 g/mol. The molecule has 2 aromatic carbocycles. The van der Waals surface area contributed by atoms with Crippen molar-refractivity contribution in [3.05, 3.63) is 58.5 Å². The Morgan fingerprint density at radius 3 is 1.97 bits per heavy atom. The molecule has 0 radical (unpaired) electrons. The number of phenolic OH excluding ortho intramolecular Hbond substituents is 1. The molecule has 0 amide bonds. The Kier molecular flexibility index (Phi) is 6.38. The van der Waals surface area contributed by atoms with E-state index in [-0.39, 0.29) is 28.7 Å². The predicted octanol–water partition coefficient (Wildman–Crippen LogP) is 6.14. The first-order valence-corrected chi connectivity index (χ1v) is 10.6. The second-order valence-corrected chi connectivity index (χ2v) is 9.53. The van der Waals surface area contributed by atoms with Gasteiger partial charge in [-0.3, -0.25) is 0 Å². The number of hydrogen-bond donors (Lipinski definition) is 1. The highest BCUT2D eigenvalue weighted by Gasteiger charge is 2.35.